The topological polar surface area (TPSA) is 36.9 Å². The molecule has 0 spiro atoms. The molecule has 0 saturated carbocycles. The predicted molar refractivity (Wildman–Crippen MR) is 113 cm³/mol. The minimum atomic E-state index is 0.570. The van der Waals surface area contributed by atoms with Crippen molar-refractivity contribution in [2.75, 3.05) is 12.4 Å². The Morgan fingerprint density at radius 1 is 0.926 bits per heavy atom. The molecule has 0 radical (unpaired) electrons. The number of hydrogen-bond donors (Lipinski definition) is 1. The zero-order valence-corrected chi connectivity index (χ0v) is 15.7. The SMILES string of the molecule is COc1ccc(CN2N=C(c3ccccc3)c3ccccc3NC2=S)cc1. The van der Waals surface area contributed by atoms with Crippen molar-refractivity contribution in [1.82, 2.24) is 5.01 Å². The number of hydrogen-bond acceptors (Lipinski definition) is 3. The molecule has 1 heterocycles. The Balaban J connectivity index is 1.74. The van der Waals surface area contributed by atoms with Crippen molar-refractivity contribution in [1.29, 1.82) is 0 Å². The van der Waals surface area contributed by atoms with Gasteiger partial charge in [0.15, 0.2) is 5.11 Å². The highest BCUT2D eigenvalue weighted by atomic mass is 32.1. The van der Waals surface area contributed by atoms with E-state index >= 15 is 0 Å². The highest BCUT2D eigenvalue weighted by Crippen LogP contribution is 2.25. The molecule has 4 nitrogen and oxygen atoms in total. The normalized spacial score (nSPS) is 13.3. The summed E-state index contributed by atoms with van der Waals surface area (Å²) in [5.74, 6) is 0.830. The van der Waals surface area contributed by atoms with E-state index < -0.39 is 0 Å². The van der Waals surface area contributed by atoms with Crippen LogP contribution in [0.1, 0.15) is 16.7 Å². The molecule has 1 aliphatic heterocycles. The van der Waals surface area contributed by atoms with Gasteiger partial charge in [-0.3, -0.25) is 0 Å². The van der Waals surface area contributed by atoms with Gasteiger partial charge in [0.25, 0.3) is 0 Å². The lowest BCUT2D eigenvalue weighted by Gasteiger charge is -2.19. The van der Waals surface area contributed by atoms with Crippen LogP contribution in [-0.2, 0) is 6.54 Å². The molecule has 0 amide bonds. The minimum Gasteiger partial charge on any atom is -0.497 e. The summed E-state index contributed by atoms with van der Waals surface area (Å²) in [5, 5.41) is 10.7. The summed E-state index contributed by atoms with van der Waals surface area (Å²) in [5.41, 5.74) is 5.04. The van der Waals surface area contributed by atoms with E-state index in [9.17, 15) is 0 Å². The van der Waals surface area contributed by atoms with Crippen molar-refractivity contribution in [2.45, 2.75) is 6.54 Å². The standard InChI is InChI=1S/C22H19N3OS/c1-26-18-13-11-16(12-14-18)15-25-22(27)23-20-10-6-5-9-19(20)21(24-25)17-7-3-2-4-8-17/h2-14H,15H2,1H3,(H,23,27). The van der Waals surface area contributed by atoms with E-state index in [0.29, 0.717) is 11.7 Å². The highest BCUT2D eigenvalue weighted by molar-refractivity contribution is 7.80. The average molecular weight is 373 g/mol. The van der Waals surface area contributed by atoms with Crippen LogP contribution in [-0.4, -0.2) is 22.9 Å². The molecular formula is C22H19N3OS. The molecule has 0 saturated heterocycles. The van der Waals surface area contributed by atoms with Crippen molar-refractivity contribution in [2.24, 2.45) is 5.10 Å². The van der Waals surface area contributed by atoms with Gasteiger partial charge in [0.05, 0.1) is 13.7 Å². The zero-order valence-electron chi connectivity index (χ0n) is 14.9. The largest absolute Gasteiger partial charge is 0.497 e. The van der Waals surface area contributed by atoms with E-state index in [1.54, 1.807) is 7.11 Å². The third kappa shape index (κ3) is 3.68. The van der Waals surface area contributed by atoms with Crippen LogP contribution < -0.4 is 10.1 Å². The fourth-order valence-corrected chi connectivity index (χ4v) is 3.23. The molecule has 27 heavy (non-hydrogen) atoms. The van der Waals surface area contributed by atoms with E-state index in [1.165, 1.54) is 0 Å². The summed E-state index contributed by atoms with van der Waals surface area (Å²) in [6.07, 6.45) is 0. The molecule has 4 rings (SSSR count). The van der Waals surface area contributed by atoms with E-state index in [1.807, 2.05) is 65.7 Å². The van der Waals surface area contributed by atoms with E-state index in [-0.39, 0.29) is 0 Å². The van der Waals surface area contributed by atoms with Gasteiger partial charge in [-0.25, -0.2) is 5.01 Å². The molecule has 0 atom stereocenters. The summed E-state index contributed by atoms with van der Waals surface area (Å²) in [4.78, 5) is 0. The predicted octanol–water partition coefficient (Wildman–Crippen LogP) is 4.66. The van der Waals surface area contributed by atoms with Gasteiger partial charge in [-0.1, -0.05) is 60.7 Å². The van der Waals surface area contributed by atoms with Crippen LogP contribution in [0.3, 0.4) is 0 Å². The van der Waals surface area contributed by atoms with Crippen molar-refractivity contribution in [3.05, 3.63) is 95.6 Å². The zero-order chi connectivity index (χ0) is 18.6. The second-order valence-corrected chi connectivity index (χ2v) is 6.58. The Kier molecular flexibility index (Phi) is 4.85. The number of anilines is 1. The number of benzene rings is 3. The van der Waals surface area contributed by atoms with Crippen LogP contribution in [0.15, 0.2) is 84.0 Å². The van der Waals surface area contributed by atoms with Gasteiger partial charge < -0.3 is 10.1 Å². The van der Waals surface area contributed by atoms with Gasteiger partial charge in [0.2, 0.25) is 0 Å². The maximum Gasteiger partial charge on any atom is 0.194 e. The van der Waals surface area contributed by atoms with Crippen molar-refractivity contribution in [3.63, 3.8) is 0 Å². The molecule has 0 aromatic heterocycles. The van der Waals surface area contributed by atoms with Crippen LogP contribution in [0.4, 0.5) is 5.69 Å². The smallest absolute Gasteiger partial charge is 0.194 e. The van der Waals surface area contributed by atoms with Crippen molar-refractivity contribution >= 4 is 28.7 Å². The summed E-state index contributed by atoms with van der Waals surface area (Å²) in [6, 6.07) is 26.2. The quantitative estimate of drug-likeness (QED) is 0.675. The number of nitrogens with one attached hydrogen (secondary N) is 1. The van der Waals surface area contributed by atoms with Crippen LogP contribution >= 0.6 is 12.2 Å². The molecule has 0 bridgehead atoms. The number of fused-ring (bicyclic) bond motifs is 1. The Morgan fingerprint density at radius 3 is 2.37 bits per heavy atom. The first-order valence-electron chi connectivity index (χ1n) is 8.69. The Morgan fingerprint density at radius 2 is 1.63 bits per heavy atom. The lowest BCUT2D eigenvalue weighted by Crippen LogP contribution is -2.29. The van der Waals surface area contributed by atoms with Crippen molar-refractivity contribution in [3.8, 4) is 5.75 Å². The fraction of sp³-hybridized carbons (Fsp3) is 0.0909. The molecule has 0 fully saturated rings. The van der Waals surface area contributed by atoms with Crippen molar-refractivity contribution < 1.29 is 4.74 Å². The summed E-state index contributed by atoms with van der Waals surface area (Å²) < 4.78 is 5.24. The van der Waals surface area contributed by atoms with Gasteiger partial charge in [-0.2, -0.15) is 5.10 Å². The molecule has 5 heteroatoms. The number of ether oxygens (including phenoxy) is 1. The van der Waals surface area contributed by atoms with Gasteiger partial charge in [0.1, 0.15) is 11.5 Å². The maximum absolute atomic E-state index is 5.62. The van der Waals surface area contributed by atoms with E-state index in [2.05, 4.69) is 23.5 Å². The summed E-state index contributed by atoms with van der Waals surface area (Å²) in [6.45, 7) is 0.570. The van der Waals surface area contributed by atoms with Crippen LogP contribution in [0.2, 0.25) is 0 Å². The maximum atomic E-state index is 5.62. The van der Waals surface area contributed by atoms with Crippen LogP contribution in [0.5, 0.6) is 5.75 Å². The van der Waals surface area contributed by atoms with Crippen LogP contribution in [0.25, 0.3) is 0 Å². The Hall–Kier alpha value is -3.18. The summed E-state index contributed by atoms with van der Waals surface area (Å²) in [7, 11) is 1.66. The first-order valence-corrected chi connectivity index (χ1v) is 9.10. The number of hydrazone groups is 1. The summed E-state index contributed by atoms with van der Waals surface area (Å²) >= 11 is 5.62. The molecule has 1 N–H and O–H groups in total. The number of methoxy groups -OCH3 is 1. The van der Waals surface area contributed by atoms with Gasteiger partial charge in [-0.05, 0) is 36.0 Å². The molecule has 134 valence electrons. The second-order valence-electron chi connectivity index (χ2n) is 6.20. The van der Waals surface area contributed by atoms with Crippen LogP contribution in [0, 0.1) is 0 Å². The number of rotatable bonds is 4. The molecular weight excluding hydrogens is 354 g/mol. The number of thiocarbonyl (C=S) groups is 1. The fourth-order valence-electron chi connectivity index (χ4n) is 3.02. The third-order valence-corrected chi connectivity index (χ3v) is 4.73. The van der Waals surface area contributed by atoms with Gasteiger partial charge in [-0.15, -0.1) is 0 Å². The molecule has 3 aromatic rings. The molecule has 3 aromatic carbocycles. The average Bonchev–Trinajstić information content (AvgIpc) is 2.86. The molecule has 0 aliphatic carbocycles. The third-order valence-electron chi connectivity index (χ3n) is 4.42. The lowest BCUT2D eigenvalue weighted by atomic mass is 10.0. The lowest BCUT2D eigenvalue weighted by molar-refractivity contribution is 0.413. The van der Waals surface area contributed by atoms with Gasteiger partial charge in [0, 0.05) is 16.8 Å². The second kappa shape index (κ2) is 7.60. The monoisotopic (exact) mass is 373 g/mol. The van der Waals surface area contributed by atoms with E-state index in [0.717, 1.165) is 33.8 Å². The Bertz CT molecular complexity index is 984. The Labute approximate surface area is 164 Å². The minimum absolute atomic E-state index is 0.570. The number of nitrogens with zero attached hydrogens (tertiary/aromatic N) is 2. The highest BCUT2D eigenvalue weighted by Gasteiger charge is 2.21. The molecule has 0 unspecified atom stereocenters. The van der Waals surface area contributed by atoms with E-state index in [4.69, 9.17) is 22.1 Å². The first-order chi connectivity index (χ1) is 13.2. The first kappa shape index (κ1) is 17.2. The van der Waals surface area contributed by atoms with Gasteiger partial charge >= 0.3 is 0 Å². The number of para-hydroxylation sites is 1. The molecule has 1 aliphatic rings.